The molecule has 0 radical (unpaired) electrons. The van der Waals surface area contributed by atoms with Crippen LogP contribution in [0.3, 0.4) is 0 Å². The minimum atomic E-state index is 0.0790. The zero-order valence-electron chi connectivity index (χ0n) is 15.4. The maximum atomic E-state index is 12.2. The minimum Gasteiger partial charge on any atom is -0.376 e. The number of likely N-dealkylation sites (tertiary alicyclic amines) is 1. The van der Waals surface area contributed by atoms with Crippen molar-refractivity contribution in [3.8, 4) is 11.5 Å². The normalized spacial score (nSPS) is 17.7. The molecule has 0 bridgehead atoms. The van der Waals surface area contributed by atoms with Crippen LogP contribution in [0.1, 0.15) is 18.7 Å². The summed E-state index contributed by atoms with van der Waals surface area (Å²) in [6.45, 7) is 2.44. The number of amides is 1. The third-order valence-electron chi connectivity index (χ3n) is 4.35. The number of likely N-dealkylation sites (N-methyl/N-ethyl adjacent to an activating group) is 1. The van der Waals surface area contributed by atoms with Crippen molar-refractivity contribution in [1.29, 1.82) is 0 Å². The second kappa shape index (κ2) is 8.91. The standard InChI is InChI=1S/C19H26N4O3/c1-22(2)14-18(24)23-11-6-9-16(13-23)25-12-10-17-20-19(26-21-17)15-7-4-3-5-8-15/h3-5,7-8,16H,6,9-14H2,1-2H3. The summed E-state index contributed by atoms with van der Waals surface area (Å²) < 4.78 is 11.3. The highest BCUT2D eigenvalue weighted by atomic mass is 16.5. The second-order valence-electron chi connectivity index (χ2n) is 6.84. The largest absolute Gasteiger partial charge is 0.376 e. The summed E-state index contributed by atoms with van der Waals surface area (Å²) in [6.07, 6.45) is 2.63. The summed E-state index contributed by atoms with van der Waals surface area (Å²) in [7, 11) is 3.81. The fourth-order valence-electron chi connectivity index (χ4n) is 3.04. The van der Waals surface area contributed by atoms with Gasteiger partial charge in [0.05, 0.1) is 19.3 Å². The third kappa shape index (κ3) is 5.12. The molecule has 0 N–H and O–H groups in total. The van der Waals surface area contributed by atoms with E-state index in [1.165, 1.54) is 0 Å². The SMILES string of the molecule is CN(C)CC(=O)N1CCCC(OCCc2noc(-c3ccccc3)n2)C1. The Morgan fingerprint density at radius 1 is 1.35 bits per heavy atom. The molecule has 26 heavy (non-hydrogen) atoms. The van der Waals surface area contributed by atoms with Crippen LogP contribution in [0.25, 0.3) is 11.5 Å². The average Bonchev–Trinajstić information content (AvgIpc) is 3.11. The number of carbonyl (C=O) groups excluding carboxylic acids is 1. The maximum absolute atomic E-state index is 12.2. The van der Waals surface area contributed by atoms with Gasteiger partial charge in [-0.25, -0.2) is 0 Å². The maximum Gasteiger partial charge on any atom is 0.257 e. The number of rotatable bonds is 7. The lowest BCUT2D eigenvalue weighted by Gasteiger charge is -2.33. The Balaban J connectivity index is 1.45. The Morgan fingerprint density at radius 2 is 2.15 bits per heavy atom. The molecule has 0 saturated carbocycles. The smallest absolute Gasteiger partial charge is 0.257 e. The van der Waals surface area contributed by atoms with Gasteiger partial charge in [-0.15, -0.1) is 0 Å². The minimum absolute atomic E-state index is 0.0790. The van der Waals surface area contributed by atoms with Crippen molar-refractivity contribution in [2.45, 2.75) is 25.4 Å². The zero-order valence-corrected chi connectivity index (χ0v) is 15.4. The first kappa shape index (κ1) is 18.5. The summed E-state index contributed by atoms with van der Waals surface area (Å²) in [5.74, 6) is 1.33. The van der Waals surface area contributed by atoms with Gasteiger partial charge in [-0.1, -0.05) is 23.4 Å². The Labute approximate surface area is 153 Å². The molecule has 1 saturated heterocycles. The van der Waals surface area contributed by atoms with Gasteiger partial charge in [-0.05, 0) is 39.1 Å². The van der Waals surface area contributed by atoms with Crippen molar-refractivity contribution in [3.05, 3.63) is 36.2 Å². The number of carbonyl (C=O) groups is 1. The molecule has 1 aromatic heterocycles. The van der Waals surface area contributed by atoms with Gasteiger partial charge in [-0.2, -0.15) is 4.98 Å². The first-order valence-electron chi connectivity index (χ1n) is 9.04. The highest BCUT2D eigenvalue weighted by Crippen LogP contribution is 2.17. The number of hydrogen-bond acceptors (Lipinski definition) is 6. The van der Waals surface area contributed by atoms with E-state index in [-0.39, 0.29) is 12.0 Å². The van der Waals surface area contributed by atoms with E-state index >= 15 is 0 Å². The number of nitrogens with zero attached hydrogens (tertiary/aromatic N) is 4. The molecular weight excluding hydrogens is 332 g/mol. The Kier molecular flexibility index (Phi) is 6.35. The first-order chi connectivity index (χ1) is 12.6. The van der Waals surface area contributed by atoms with E-state index in [0.717, 1.165) is 24.9 Å². The van der Waals surface area contributed by atoms with E-state index < -0.39 is 0 Å². The number of benzene rings is 1. The van der Waals surface area contributed by atoms with Crippen LogP contribution >= 0.6 is 0 Å². The summed E-state index contributed by atoms with van der Waals surface area (Å²) in [5, 5.41) is 4.01. The molecule has 7 heteroatoms. The Bertz CT molecular complexity index is 702. The van der Waals surface area contributed by atoms with Crippen LogP contribution in [0.4, 0.5) is 0 Å². The van der Waals surface area contributed by atoms with Crippen LogP contribution in [0, 0.1) is 0 Å². The van der Waals surface area contributed by atoms with Gasteiger partial charge in [0.15, 0.2) is 5.82 Å². The second-order valence-corrected chi connectivity index (χ2v) is 6.84. The lowest BCUT2D eigenvalue weighted by molar-refractivity contribution is -0.135. The van der Waals surface area contributed by atoms with Crippen molar-refractivity contribution in [1.82, 2.24) is 19.9 Å². The molecular formula is C19H26N4O3. The van der Waals surface area contributed by atoms with Crippen LogP contribution in [0.5, 0.6) is 0 Å². The van der Waals surface area contributed by atoms with Gasteiger partial charge in [0, 0.05) is 25.1 Å². The summed E-state index contributed by atoms with van der Waals surface area (Å²) in [5.41, 5.74) is 0.912. The summed E-state index contributed by atoms with van der Waals surface area (Å²) in [4.78, 5) is 20.4. The molecule has 1 atom stereocenters. The highest BCUT2D eigenvalue weighted by molar-refractivity contribution is 5.78. The number of ether oxygens (including phenoxy) is 1. The van der Waals surface area contributed by atoms with E-state index in [1.807, 2.05) is 54.2 Å². The molecule has 1 amide bonds. The van der Waals surface area contributed by atoms with Gasteiger partial charge >= 0.3 is 0 Å². The molecule has 1 aliphatic heterocycles. The lowest BCUT2D eigenvalue weighted by Crippen LogP contribution is -2.46. The molecule has 1 aromatic carbocycles. The van der Waals surface area contributed by atoms with Crippen LogP contribution in [-0.4, -0.2) is 72.3 Å². The van der Waals surface area contributed by atoms with Crippen molar-refractivity contribution < 1.29 is 14.1 Å². The summed E-state index contributed by atoms with van der Waals surface area (Å²) in [6, 6.07) is 9.71. The molecule has 0 spiro atoms. The van der Waals surface area contributed by atoms with E-state index in [2.05, 4.69) is 10.1 Å². The van der Waals surface area contributed by atoms with E-state index in [4.69, 9.17) is 9.26 Å². The van der Waals surface area contributed by atoms with Gasteiger partial charge in [-0.3, -0.25) is 4.79 Å². The van der Waals surface area contributed by atoms with E-state index in [0.29, 0.717) is 37.8 Å². The first-order valence-corrected chi connectivity index (χ1v) is 9.04. The molecule has 3 rings (SSSR count). The van der Waals surface area contributed by atoms with Crippen LogP contribution in [-0.2, 0) is 16.0 Å². The highest BCUT2D eigenvalue weighted by Gasteiger charge is 2.24. The number of hydrogen-bond donors (Lipinski definition) is 0. The number of aromatic nitrogens is 2. The molecule has 2 aromatic rings. The molecule has 140 valence electrons. The van der Waals surface area contributed by atoms with E-state index in [1.54, 1.807) is 0 Å². The molecule has 2 heterocycles. The molecule has 1 unspecified atom stereocenters. The van der Waals surface area contributed by atoms with Crippen molar-refractivity contribution in [3.63, 3.8) is 0 Å². The molecule has 1 fully saturated rings. The topological polar surface area (TPSA) is 71.7 Å². The predicted octanol–water partition coefficient (Wildman–Crippen LogP) is 1.85. The van der Waals surface area contributed by atoms with Gasteiger partial charge in [0.1, 0.15) is 0 Å². The fraction of sp³-hybridized carbons (Fsp3) is 0.526. The average molecular weight is 358 g/mol. The molecule has 1 aliphatic rings. The Morgan fingerprint density at radius 3 is 2.92 bits per heavy atom. The number of piperidine rings is 1. The predicted molar refractivity (Wildman–Crippen MR) is 97.5 cm³/mol. The monoisotopic (exact) mass is 358 g/mol. The Hall–Kier alpha value is -2.25. The van der Waals surface area contributed by atoms with Gasteiger partial charge < -0.3 is 19.1 Å². The van der Waals surface area contributed by atoms with Crippen molar-refractivity contribution in [2.24, 2.45) is 0 Å². The van der Waals surface area contributed by atoms with Crippen LogP contribution in [0.2, 0.25) is 0 Å². The molecule has 7 nitrogen and oxygen atoms in total. The van der Waals surface area contributed by atoms with Crippen LogP contribution < -0.4 is 0 Å². The molecule has 0 aliphatic carbocycles. The summed E-state index contributed by atoms with van der Waals surface area (Å²) >= 11 is 0. The zero-order chi connectivity index (χ0) is 18.4. The van der Waals surface area contributed by atoms with E-state index in [9.17, 15) is 4.79 Å². The third-order valence-corrected chi connectivity index (χ3v) is 4.35. The lowest BCUT2D eigenvalue weighted by atomic mass is 10.1. The quantitative estimate of drug-likeness (QED) is 0.752. The van der Waals surface area contributed by atoms with Crippen LogP contribution in [0.15, 0.2) is 34.9 Å². The van der Waals surface area contributed by atoms with Gasteiger partial charge in [0.2, 0.25) is 5.91 Å². The van der Waals surface area contributed by atoms with Gasteiger partial charge in [0.25, 0.3) is 5.89 Å². The van der Waals surface area contributed by atoms with Crippen molar-refractivity contribution in [2.75, 3.05) is 40.3 Å². The fourth-order valence-corrected chi connectivity index (χ4v) is 3.04. The van der Waals surface area contributed by atoms with Crippen molar-refractivity contribution >= 4 is 5.91 Å².